The van der Waals surface area contributed by atoms with Crippen molar-refractivity contribution in [3.8, 4) is 0 Å². The van der Waals surface area contributed by atoms with Gasteiger partial charge in [0, 0.05) is 20.2 Å². The van der Waals surface area contributed by atoms with Crippen LogP contribution < -0.4 is 16.0 Å². The largest absolute Gasteiger partial charge is 0.480 e. The van der Waals surface area contributed by atoms with E-state index in [0.717, 1.165) is 10.8 Å². The standard InChI is InChI=1S/C26H39IN4O8.C4H6O2S/c1-15(2)11-18(23(33)29-19(25(35)36)12-16(3)4)28-24(34)21(22(31(38)39)26(5,37)14-27)30-20(32)13-17-9-7-6-8-10-17;1-3-7(5,6)4-2/h6-10,15-16,18-19,21-22,37H,11-14H2,1-5H3,(H,28,34)(H,29,33)(H,30,32)(H,35,36);3-4H,1-2H2/t18-,19-,21-,22?,26?;/m0./s1. The summed E-state index contributed by atoms with van der Waals surface area (Å²) in [5.41, 5.74) is -1.39. The van der Waals surface area contributed by atoms with E-state index in [-0.39, 0.29) is 35.5 Å². The summed E-state index contributed by atoms with van der Waals surface area (Å²) in [6.07, 6.45) is 0.0818. The summed E-state index contributed by atoms with van der Waals surface area (Å²) >= 11 is 1.75. The van der Waals surface area contributed by atoms with Gasteiger partial charge in [0.15, 0.2) is 15.9 Å². The molecule has 2 unspecified atom stereocenters. The number of carboxylic acid groups (broad SMARTS) is 1. The number of hydrogen-bond acceptors (Lipinski definition) is 9. The summed E-state index contributed by atoms with van der Waals surface area (Å²) in [6, 6.07) is 2.35. The van der Waals surface area contributed by atoms with Gasteiger partial charge < -0.3 is 26.2 Å². The summed E-state index contributed by atoms with van der Waals surface area (Å²) in [5, 5.41) is 41.4. The fourth-order valence-corrected chi connectivity index (χ4v) is 4.67. The number of carbonyl (C=O) groups excluding carboxylic acids is 3. The number of nitro groups is 1. The summed E-state index contributed by atoms with van der Waals surface area (Å²) in [5.74, 6) is -3.89. The highest BCUT2D eigenvalue weighted by molar-refractivity contribution is 14.1. The second-order valence-electron chi connectivity index (χ2n) is 11.6. The van der Waals surface area contributed by atoms with E-state index >= 15 is 0 Å². The Morgan fingerprint density at radius 2 is 1.43 bits per heavy atom. The second kappa shape index (κ2) is 20.0. The van der Waals surface area contributed by atoms with Gasteiger partial charge in [-0.15, -0.1) is 0 Å². The molecule has 46 heavy (non-hydrogen) atoms. The number of aliphatic hydroxyl groups is 1. The molecule has 0 fully saturated rings. The molecule has 258 valence electrons. The summed E-state index contributed by atoms with van der Waals surface area (Å²) in [7, 11) is -3.13. The smallest absolute Gasteiger partial charge is 0.326 e. The van der Waals surface area contributed by atoms with Crippen LogP contribution in [0.1, 0.15) is 53.0 Å². The maximum Gasteiger partial charge on any atom is 0.326 e. The average Bonchev–Trinajstić information content (AvgIpc) is 2.96. The fraction of sp³-hybridized carbons (Fsp3) is 0.533. The summed E-state index contributed by atoms with van der Waals surface area (Å²) < 4.78 is 20.1. The SMILES string of the molecule is C=CS(=O)(=O)C=C.CC(C)C[C@H](NC(=O)[C@H](CC(C)C)NC(=O)[C@@H](NC(=O)Cc1ccccc1)C([N+](=O)[O-])C(C)(O)CI)C(=O)O. The molecule has 1 aromatic carbocycles. The van der Waals surface area contributed by atoms with Crippen LogP contribution in [-0.2, 0) is 35.4 Å². The van der Waals surface area contributed by atoms with Crippen molar-refractivity contribution in [1.29, 1.82) is 0 Å². The topological polar surface area (TPSA) is 222 Å². The molecular formula is C30H45IN4O10S. The number of hydrogen-bond donors (Lipinski definition) is 5. The Morgan fingerprint density at radius 1 is 0.957 bits per heavy atom. The van der Waals surface area contributed by atoms with Gasteiger partial charge in [-0.05, 0) is 37.2 Å². The molecular weight excluding hydrogens is 735 g/mol. The van der Waals surface area contributed by atoms with Crippen molar-refractivity contribution in [3.05, 3.63) is 70.0 Å². The molecule has 0 bridgehead atoms. The number of carbonyl (C=O) groups is 4. The van der Waals surface area contributed by atoms with Gasteiger partial charge in [-0.25, -0.2) is 13.2 Å². The predicted octanol–water partition coefficient (Wildman–Crippen LogP) is 2.38. The van der Waals surface area contributed by atoms with E-state index in [2.05, 4.69) is 29.1 Å². The first-order valence-electron chi connectivity index (χ1n) is 14.3. The quantitative estimate of drug-likeness (QED) is 0.0634. The Balaban J connectivity index is 0.00000258. The molecule has 3 amide bonds. The molecule has 1 rings (SSSR count). The van der Waals surface area contributed by atoms with Gasteiger partial charge in [-0.2, -0.15) is 0 Å². The van der Waals surface area contributed by atoms with Crippen LogP contribution in [0, 0.1) is 22.0 Å². The van der Waals surface area contributed by atoms with E-state index in [9.17, 15) is 47.9 Å². The molecule has 0 radical (unpaired) electrons. The Kier molecular flexibility index (Phi) is 18.5. The number of sulfone groups is 1. The number of amides is 3. The molecule has 5 N–H and O–H groups in total. The normalized spacial score (nSPS) is 15.1. The van der Waals surface area contributed by atoms with Crippen molar-refractivity contribution in [2.75, 3.05) is 4.43 Å². The fourth-order valence-electron chi connectivity index (χ4n) is 4.08. The van der Waals surface area contributed by atoms with Crippen molar-refractivity contribution >= 4 is 56.1 Å². The lowest BCUT2D eigenvalue weighted by Crippen LogP contribution is -2.65. The highest BCUT2D eigenvalue weighted by atomic mass is 127. The lowest BCUT2D eigenvalue weighted by atomic mass is 9.91. The monoisotopic (exact) mass is 780 g/mol. The van der Waals surface area contributed by atoms with E-state index in [1.165, 1.54) is 6.92 Å². The Morgan fingerprint density at radius 3 is 1.83 bits per heavy atom. The number of aliphatic carboxylic acids is 1. The molecule has 0 saturated carbocycles. The van der Waals surface area contributed by atoms with Gasteiger partial charge in [0.1, 0.15) is 17.7 Å². The van der Waals surface area contributed by atoms with Crippen LogP contribution in [0.5, 0.6) is 0 Å². The minimum atomic E-state index is -3.13. The van der Waals surface area contributed by atoms with Gasteiger partial charge in [0.05, 0.1) is 6.42 Å². The van der Waals surface area contributed by atoms with Gasteiger partial charge in [0.2, 0.25) is 11.8 Å². The predicted molar refractivity (Wildman–Crippen MR) is 182 cm³/mol. The summed E-state index contributed by atoms with van der Waals surface area (Å²) in [6.45, 7) is 14.5. The third-order valence-electron chi connectivity index (χ3n) is 6.38. The molecule has 0 aromatic heterocycles. The van der Waals surface area contributed by atoms with Gasteiger partial charge in [-0.1, -0.05) is 93.8 Å². The molecule has 0 aliphatic carbocycles. The third-order valence-corrected chi connectivity index (χ3v) is 8.86. The second-order valence-corrected chi connectivity index (χ2v) is 14.2. The van der Waals surface area contributed by atoms with Crippen LogP contribution in [0.3, 0.4) is 0 Å². The molecule has 0 heterocycles. The van der Waals surface area contributed by atoms with E-state index in [1.807, 2.05) is 0 Å². The Hall–Kier alpha value is -3.38. The first-order valence-corrected chi connectivity index (χ1v) is 17.4. The Labute approximate surface area is 283 Å². The van der Waals surface area contributed by atoms with Crippen molar-refractivity contribution < 1.29 is 42.7 Å². The van der Waals surface area contributed by atoms with E-state index in [4.69, 9.17) is 0 Å². The molecule has 0 aliphatic heterocycles. The number of halogens is 1. The number of rotatable bonds is 18. The number of nitrogens with one attached hydrogen (secondary N) is 3. The minimum absolute atomic E-state index is 0.0369. The van der Waals surface area contributed by atoms with Gasteiger partial charge in [-0.3, -0.25) is 24.5 Å². The maximum absolute atomic E-state index is 13.5. The first kappa shape index (κ1) is 42.6. The number of carboxylic acids is 1. The Bertz CT molecular complexity index is 1310. The molecule has 0 spiro atoms. The molecule has 5 atom stereocenters. The van der Waals surface area contributed by atoms with Crippen LogP contribution in [0.2, 0.25) is 0 Å². The zero-order valence-corrected chi connectivity index (χ0v) is 29.6. The average molecular weight is 781 g/mol. The lowest BCUT2D eigenvalue weighted by molar-refractivity contribution is -0.544. The number of nitrogens with zero attached hydrogens (tertiary/aromatic N) is 1. The maximum atomic E-state index is 13.5. The zero-order valence-electron chi connectivity index (χ0n) is 26.6. The zero-order chi connectivity index (χ0) is 35.8. The van der Waals surface area contributed by atoms with Crippen LogP contribution >= 0.6 is 22.6 Å². The van der Waals surface area contributed by atoms with Gasteiger partial charge >= 0.3 is 5.97 Å². The van der Waals surface area contributed by atoms with E-state index in [0.29, 0.717) is 5.56 Å². The third kappa shape index (κ3) is 15.8. The minimum Gasteiger partial charge on any atom is -0.480 e. The highest BCUT2D eigenvalue weighted by Crippen LogP contribution is 2.21. The van der Waals surface area contributed by atoms with Crippen molar-refractivity contribution in [3.63, 3.8) is 0 Å². The van der Waals surface area contributed by atoms with Crippen molar-refractivity contribution in [2.24, 2.45) is 11.8 Å². The van der Waals surface area contributed by atoms with Crippen molar-refractivity contribution in [1.82, 2.24) is 16.0 Å². The first-order chi connectivity index (χ1) is 21.2. The van der Waals surface area contributed by atoms with E-state index in [1.54, 1.807) is 80.6 Å². The molecule has 0 aliphatic rings. The lowest BCUT2D eigenvalue weighted by Gasteiger charge is -2.31. The van der Waals surface area contributed by atoms with Crippen molar-refractivity contribution in [2.45, 2.75) is 83.6 Å². The van der Waals surface area contributed by atoms with Crippen LogP contribution in [0.4, 0.5) is 0 Å². The van der Waals surface area contributed by atoms with Crippen LogP contribution in [0.15, 0.2) is 54.3 Å². The molecule has 14 nitrogen and oxygen atoms in total. The number of alkyl halides is 1. The highest BCUT2D eigenvalue weighted by Gasteiger charge is 2.51. The molecule has 0 saturated heterocycles. The van der Waals surface area contributed by atoms with Crippen LogP contribution in [-0.4, -0.2) is 81.4 Å². The molecule has 1 aromatic rings. The summed E-state index contributed by atoms with van der Waals surface area (Å²) in [4.78, 5) is 62.4. The van der Waals surface area contributed by atoms with Gasteiger partial charge in [0.25, 0.3) is 11.9 Å². The molecule has 16 heteroatoms. The number of benzene rings is 1. The van der Waals surface area contributed by atoms with E-state index < -0.39 is 68.2 Å². The van der Waals surface area contributed by atoms with Crippen LogP contribution in [0.25, 0.3) is 0 Å².